The van der Waals surface area contributed by atoms with Crippen molar-refractivity contribution in [2.24, 2.45) is 0 Å². The van der Waals surface area contributed by atoms with E-state index in [1.54, 1.807) is 0 Å². The van der Waals surface area contributed by atoms with Crippen LogP contribution in [0.2, 0.25) is 0 Å². The maximum absolute atomic E-state index is 11.8. The van der Waals surface area contributed by atoms with Crippen LogP contribution in [0, 0.1) is 0 Å². The average Bonchev–Trinajstić information content (AvgIpc) is 2.18. The summed E-state index contributed by atoms with van der Waals surface area (Å²) in [5.74, 6) is -2.13. The lowest BCUT2D eigenvalue weighted by molar-refractivity contribution is -0.276. The number of nitrogens with zero attached hydrogens (tertiary/aromatic N) is 1. The Morgan fingerprint density at radius 1 is 1.50 bits per heavy atom. The number of hydrogen-bond acceptors (Lipinski definition) is 5. The first-order valence-corrected chi connectivity index (χ1v) is 3.86. The Morgan fingerprint density at radius 3 is 2.56 bits per heavy atom. The van der Waals surface area contributed by atoms with Crippen molar-refractivity contribution in [2.75, 3.05) is 7.11 Å². The van der Waals surface area contributed by atoms with E-state index in [0.717, 1.165) is 6.07 Å². The van der Waals surface area contributed by atoms with Crippen LogP contribution in [0.5, 0.6) is 17.4 Å². The molecule has 0 aromatic carbocycles. The fraction of sp³-hybridized carbons (Fsp3) is 0.250. The van der Waals surface area contributed by atoms with E-state index in [2.05, 4.69) is 14.5 Å². The van der Waals surface area contributed by atoms with Gasteiger partial charge < -0.3 is 14.6 Å². The zero-order valence-corrected chi connectivity index (χ0v) is 7.91. The first-order valence-electron chi connectivity index (χ1n) is 3.86. The number of pyridine rings is 1. The highest BCUT2D eigenvalue weighted by Gasteiger charge is 2.33. The van der Waals surface area contributed by atoms with Crippen LogP contribution in [0.3, 0.4) is 0 Å². The second-order valence-corrected chi connectivity index (χ2v) is 2.57. The Kier molecular flexibility index (Phi) is 3.21. The number of aromatic nitrogens is 1. The van der Waals surface area contributed by atoms with Crippen molar-refractivity contribution in [3.05, 3.63) is 11.8 Å². The number of ether oxygens (including phenoxy) is 2. The zero-order chi connectivity index (χ0) is 12.3. The summed E-state index contributed by atoms with van der Waals surface area (Å²) in [4.78, 5) is 13.6. The van der Waals surface area contributed by atoms with Gasteiger partial charge in [-0.25, -0.2) is 4.98 Å². The third-order valence-corrected chi connectivity index (χ3v) is 1.51. The zero-order valence-electron chi connectivity index (χ0n) is 7.91. The van der Waals surface area contributed by atoms with Crippen LogP contribution < -0.4 is 9.47 Å². The molecular weight excluding hydrogens is 231 g/mol. The maximum atomic E-state index is 11.8. The predicted octanol–water partition coefficient (Wildman–Crippen LogP) is 1.51. The summed E-state index contributed by atoms with van der Waals surface area (Å²) in [7, 11) is 1.17. The highest BCUT2D eigenvalue weighted by molar-refractivity contribution is 5.77. The molecule has 0 unspecified atom stereocenters. The van der Waals surface area contributed by atoms with Crippen molar-refractivity contribution in [1.82, 2.24) is 4.98 Å². The van der Waals surface area contributed by atoms with E-state index in [4.69, 9.17) is 5.11 Å². The number of methoxy groups -OCH3 is 1. The number of aldehydes is 1. The van der Waals surface area contributed by atoms with Gasteiger partial charge in [0.25, 0.3) is 5.88 Å². The quantitative estimate of drug-likeness (QED) is 0.807. The first-order chi connectivity index (χ1) is 7.37. The van der Waals surface area contributed by atoms with Gasteiger partial charge in [-0.05, 0) is 0 Å². The number of rotatable bonds is 3. The molecule has 1 heterocycles. The summed E-state index contributed by atoms with van der Waals surface area (Å²) in [6, 6.07) is 0.803. The lowest BCUT2D eigenvalue weighted by Gasteiger charge is -2.11. The Balaban J connectivity index is 3.16. The number of carbonyl (C=O) groups is 1. The Labute approximate surface area is 87.4 Å². The highest BCUT2D eigenvalue weighted by atomic mass is 19.4. The Morgan fingerprint density at radius 2 is 2.12 bits per heavy atom. The van der Waals surface area contributed by atoms with E-state index in [-0.39, 0.29) is 12.0 Å². The minimum atomic E-state index is -5.00. The molecule has 88 valence electrons. The topological polar surface area (TPSA) is 68.7 Å². The van der Waals surface area contributed by atoms with Crippen molar-refractivity contribution >= 4 is 6.29 Å². The van der Waals surface area contributed by atoms with E-state index < -0.39 is 23.7 Å². The van der Waals surface area contributed by atoms with Crippen LogP contribution in [0.25, 0.3) is 0 Å². The van der Waals surface area contributed by atoms with Crippen LogP contribution in [0.1, 0.15) is 10.5 Å². The molecule has 0 radical (unpaired) electrons. The maximum Gasteiger partial charge on any atom is 0.574 e. The molecule has 8 heteroatoms. The number of carbonyl (C=O) groups excluding carboxylic acids is 1. The van der Waals surface area contributed by atoms with Crippen LogP contribution in [0.4, 0.5) is 13.2 Å². The van der Waals surface area contributed by atoms with Crippen LogP contribution in [0.15, 0.2) is 6.07 Å². The van der Waals surface area contributed by atoms with Crippen molar-refractivity contribution in [2.45, 2.75) is 6.36 Å². The summed E-state index contributed by atoms with van der Waals surface area (Å²) in [6.07, 6.45) is -4.82. The average molecular weight is 237 g/mol. The van der Waals surface area contributed by atoms with Crippen molar-refractivity contribution in [3.63, 3.8) is 0 Å². The Bertz CT molecular complexity index is 405. The third-order valence-electron chi connectivity index (χ3n) is 1.51. The van der Waals surface area contributed by atoms with E-state index >= 15 is 0 Å². The van der Waals surface area contributed by atoms with E-state index in [9.17, 15) is 18.0 Å². The van der Waals surface area contributed by atoms with Crippen molar-refractivity contribution < 1.29 is 32.5 Å². The minimum absolute atomic E-state index is 0.151. The van der Waals surface area contributed by atoms with Gasteiger partial charge in [-0.3, -0.25) is 4.79 Å². The summed E-state index contributed by atoms with van der Waals surface area (Å²) < 4.78 is 43.6. The minimum Gasteiger partial charge on any atom is -0.503 e. The molecule has 0 saturated heterocycles. The van der Waals surface area contributed by atoms with Crippen molar-refractivity contribution in [1.29, 1.82) is 0 Å². The fourth-order valence-corrected chi connectivity index (χ4v) is 0.914. The molecule has 1 aromatic rings. The van der Waals surface area contributed by atoms with Crippen LogP contribution >= 0.6 is 0 Å². The molecule has 1 rings (SSSR count). The molecule has 0 atom stereocenters. The number of halogens is 3. The molecule has 0 aliphatic carbocycles. The molecule has 0 saturated carbocycles. The molecule has 1 aromatic heterocycles. The van der Waals surface area contributed by atoms with E-state index in [0.29, 0.717) is 0 Å². The normalized spacial score (nSPS) is 11.0. The van der Waals surface area contributed by atoms with Gasteiger partial charge >= 0.3 is 6.36 Å². The number of aromatic hydroxyl groups is 1. The molecule has 0 aliphatic rings. The molecule has 1 N–H and O–H groups in total. The van der Waals surface area contributed by atoms with Gasteiger partial charge in [0.05, 0.1) is 7.11 Å². The largest absolute Gasteiger partial charge is 0.574 e. The summed E-state index contributed by atoms with van der Waals surface area (Å²) in [5.41, 5.74) is -0.403. The van der Waals surface area contributed by atoms with Gasteiger partial charge in [0.2, 0.25) is 0 Å². The number of alkyl halides is 3. The van der Waals surface area contributed by atoms with Gasteiger partial charge in [0, 0.05) is 6.07 Å². The predicted molar refractivity (Wildman–Crippen MR) is 44.5 cm³/mol. The molecule has 0 amide bonds. The molecule has 0 fully saturated rings. The lowest BCUT2D eigenvalue weighted by Crippen LogP contribution is -2.18. The molecule has 0 spiro atoms. The molecule has 16 heavy (non-hydrogen) atoms. The van der Waals surface area contributed by atoms with Crippen LogP contribution in [-0.2, 0) is 0 Å². The van der Waals surface area contributed by atoms with E-state index in [1.165, 1.54) is 7.11 Å². The van der Waals surface area contributed by atoms with Gasteiger partial charge in [-0.1, -0.05) is 0 Å². The third kappa shape index (κ3) is 2.75. The standard InChI is InChI=1S/C8H6F3NO4/c1-15-6-2-5(14)7(12-4(6)3-13)16-8(9,10)11/h2-3,14H,1H3. The summed E-state index contributed by atoms with van der Waals surface area (Å²) >= 11 is 0. The second-order valence-electron chi connectivity index (χ2n) is 2.57. The van der Waals surface area contributed by atoms with Gasteiger partial charge in [-0.15, -0.1) is 13.2 Å². The van der Waals surface area contributed by atoms with Gasteiger partial charge in [0.1, 0.15) is 5.69 Å². The summed E-state index contributed by atoms with van der Waals surface area (Å²) in [6.45, 7) is 0. The fourth-order valence-electron chi connectivity index (χ4n) is 0.914. The lowest BCUT2D eigenvalue weighted by atomic mass is 10.3. The first kappa shape index (κ1) is 12.1. The van der Waals surface area contributed by atoms with Gasteiger partial charge in [-0.2, -0.15) is 0 Å². The monoisotopic (exact) mass is 237 g/mol. The van der Waals surface area contributed by atoms with Crippen LogP contribution in [-0.4, -0.2) is 29.8 Å². The summed E-state index contributed by atoms with van der Waals surface area (Å²) in [5, 5.41) is 9.12. The molecular formula is C8H6F3NO4. The second kappa shape index (κ2) is 4.25. The van der Waals surface area contributed by atoms with Crippen molar-refractivity contribution in [3.8, 4) is 17.4 Å². The van der Waals surface area contributed by atoms with E-state index in [1.807, 2.05) is 0 Å². The molecule has 0 aliphatic heterocycles. The smallest absolute Gasteiger partial charge is 0.503 e. The SMILES string of the molecule is COc1cc(O)c(OC(F)(F)F)nc1C=O. The number of hydrogen-bond donors (Lipinski definition) is 1. The Hall–Kier alpha value is -1.99. The molecule has 5 nitrogen and oxygen atoms in total. The van der Waals surface area contributed by atoms with Gasteiger partial charge in [0.15, 0.2) is 17.8 Å². The molecule has 0 bridgehead atoms. The highest BCUT2D eigenvalue weighted by Crippen LogP contribution is 2.33.